The van der Waals surface area contributed by atoms with Crippen LogP contribution in [0.3, 0.4) is 0 Å². The summed E-state index contributed by atoms with van der Waals surface area (Å²) in [5.41, 5.74) is 1.92. The minimum atomic E-state index is -0.325. The predicted octanol–water partition coefficient (Wildman–Crippen LogP) is 2.46. The van der Waals surface area contributed by atoms with Gasteiger partial charge in [-0.3, -0.25) is 18.9 Å². The van der Waals surface area contributed by atoms with Gasteiger partial charge in [-0.25, -0.2) is 4.98 Å². The molecule has 1 N–H and O–H groups in total. The first-order valence-corrected chi connectivity index (χ1v) is 10.0. The number of rotatable bonds is 4. The smallest absolute Gasteiger partial charge is 0.271 e. The third-order valence-electron chi connectivity index (χ3n) is 5.03. The Balaban J connectivity index is 1.38. The van der Waals surface area contributed by atoms with Gasteiger partial charge in [0.1, 0.15) is 5.56 Å². The van der Waals surface area contributed by atoms with Gasteiger partial charge in [-0.1, -0.05) is 30.3 Å². The van der Waals surface area contributed by atoms with Crippen LogP contribution in [0.4, 0.5) is 0 Å². The summed E-state index contributed by atoms with van der Waals surface area (Å²) in [7, 11) is 0. The van der Waals surface area contributed by atoms with Crippen LogP contribution in [0.2, 0.25) is 0 Å². The summed E-state index contributed by atoms with van der Waals surface area (Å²) in [4.78, 5) is 32.5. The van der Waals surface area contributed by atoms with Crippen molar-refractivity contribution in [1.29, 1.82) is 0 Å². The zero-order chi connectivity index (χ0) is 18.8. The lowest BCUT2D eigenvalue weighted by molar-refractivity contribution is 0.0907. The fourth-order valence-corrected chi connectivity index (χ4v) is 4.35. The largest absolute Gasteiger partial charge is 0.349 e. The number of hydrogen-bond acceptors (Lipinski definition) is 5. The average Bonchev–Trinajstić information content (AvgIpc) is 3.06. The Hall–Kier alpha value is -2.51. The lowest BCUT2D eigenvalue weighted by Gasteiger charge is -2.32. The summed E-state index contributed by atoms with van der Waals surface area (Å²) in [6, 6.07) is 10.5. The second-order valence-corrected chi connectivity index (χ2v) is 7.82. The van der Waals surface area contributed by atoms with Gasteiger partial charge < -0.3 is 5.32 Å². The molecule has 0 bridgehead atoms. The number of aryl methyl sites for hydroxylation is 1. The van der Waals surface area contributed by atoms with Gasteiger partial charge in [0.05, 0.1) is 0 Å². The van der Waals surface area contributed by atoms with E-state index < -0.39 is 0 Å². The number of carbonyl (C=O) groups is 1. The average molecular weight is 382 g/mol. The van der Waals surface area contributed by atoms with Crippen molar-refractivity contribution in [3.8, 4) is 0 Å². The van der Waals surface area contributed by atoms with E-state index in [9.17, 15) is 9.59 Å². The van der Waals surface area contributed by atoms with E-state index in [1.807, 2.05) is 18.4 Å². The molecule has 0 radical (unpaired) electrons. The highest BCUT2D eigenvalue weighted by molar-refractivity contribution is 7.15. The van der Waals surface area contributed by atoms with Crippen molar-refractivity contribution < 1.29 is 4.79 Å². The van der Waals surface area contributed by atoms with Crippen molar-refractivity contribution >= 4 is 22.2 Å². The van der Waals surface area contributed by atoms with Crippen LogP contribution in [-0.4, -0.2) is 39.3 Å². The van der Waals surface area contributed by atoms with Gasteiger partial charge in [0, 0.05) is 42.9 Å². The van der Waals surface area contributed by atoms with Crippen LogP contribution in [0, 0.1) is 6.92 Å². The SMILES string of the molecule is Cc1csc2ncc(C(=O)NC3CCN(Cc4ccccc4)CC3)c(=O)n12. The highest BCUT2D eigenvalue weighted by atomic mass is 32.1. The molecule has 1 aliphatic rings. The molecule has 7 heteroatoms. The van der Waals surface area contributed by atoms with Crippen LogP contribution in [-0.2, 0) is 6.54 Å². The maximum absolute atomic E-state index is 12.6. The molecule has 6 nitrogen and oxygen atoms in total. The van der Waals surface area contributed by atoms with Crippen LogP contribution < -0.4 is 10.9 Å². The van der Waals surface area contributed by atoms with Gasteiger partial charge in [-0.15, -0.1) is 11.3 Å². The summed E-state index contributed by atoms with van der Waals surface area (Å²) in [6.07, 6.45) is 3.16. The number of amides is 1. The number of aromatic nitrogens is 2. The van der Waals surface area contributed by atoms with E-state index in [4.69, 9.17) is 0 Å². The van der Waals surface area contributed by atoms with E-state index in [1.165, 1.54) is 27.5 Å². The Morgan fingerprint density at radius 1 is 1.26 bits per heavy atom. The number of carbonyl (C=O) groups excluding carboxylic acids is 1. The quantitative estimate of drug-likeness (QED) is 0.753. The number of benzene rings is 1. The highest BCUT2D eigenvalue weighted by Gasteiger charge is 2.23. The second-order valence-electron chi connectivity index (χ2n) is 6.98. The molecule has 1 saturated heterocycles. The number of fused-ring (bicyclic) bond motifs is 1. The first-order chi connectivity index (χ1) is 13.1. The molecule has 0 aliphatic carbocycles. The number of nitrogens with one attached hydrogen (secondary N) is 1. The van der Waals surface area contributed by atoms with Crippen molar-refractivity contribution in [2.45, 2.75) is 32.4 Å². The maximum atomic E-state index is 12.6. The van der Waals surface area contributed by atoms with Crippen LogP contribution in [0.5, 0.6) is 0 Å². The summed E-state index contributed by atoms with van der Waals surface area (Å²) < 4.78 is 1.50. The molecule has 3 aromatic rings. The van der Waals surface area contributed by atoms with Crippen LogP contribution in [0.15, 0.2) is 46.7 Å². The Bertz CT molecular complexity index is 1000. The van der Waals surface area contributed by atoms with Crippen molar-refractivity contribution in [2.24, 2.45) is 0 Å². The monoisotopic (exact) mass is 382 g/mol. The molecular weight excluding hydrogens is 360 g/mol. The molecule has 1 amide bonds. The normalized spacial score (nSPS) is 15.9. The Morgan fingerprint density at radius 2 is 2.00 bits per heavy atom. The number of thiazole rings is 1. The lowest BCUT2D eigenvalue weighted by Crippen LogP contribution is -2.45. The third kappa shape index (κ3) is 3.79. The summed E-state index contributed by atoms with van der Waals surface area (Å²) in [5.74, 6) is -0.325. The second kappa shape index (κ2) is 7.62. The van der Waals surface area contributed by atoms with Crippen molar-refractivity contribution in [2.75, 3.05) is 13.1 Å². The number of likely N-dealkylation sites (tertiary alicyclic amines) is 1. The van der Waals surface area contributed by atoms with Crippen molar-refractivity contribution in [3.05, 3.63) is 69.1 Å². The van der Waals surface area contributed by atoms with Crippen LogP contribution >= 0.6 is 11.3 Å². The van der Waals surface area contributed by atoms with Crippen molar-refractivity contribution in [1.82, 2.24) is 19.6 Å². The summed E-state index contributed by atoms with van der Waals surface area (Å²) >= 11 is 1.40. The number of hydrogen-bond donors (Lipinski definition) is 1. The van der Waals surface area contributed by atoms with Gasteiger partial charge in [0.25, 0.3) is 11.5 Å². The van der Waals surface area contributed by atoms with Crippen LogP contribution in [0.1, 0.15) is 34.5 Å². The van der Waals surface area contributed by atoms with E-state index in [2.05, 4.69) is 39.5 Å². The highest BCUT2D eigenvalue weighted by Crippen LogP contribution is 2.15. The molecule has 1 aliphatic heterocycles. The van der Waals surface area contributed by atoms with E-state index >= 15 is 0 Å². The van der Waals surface area contributed by atoms with Crippen molar-refractivity contribution in [3.63, 3.8) is 0 Å². The van der Waals surface area contributed by atoms with Gasteiger partial charge in [-0.05, 0) is 25.3 Å². The molecule has 0 atom stereocenters. The first-order valence-electron chi connectivity index (χ1n) is 9.15. The molecular formula is C20H22N4O2S. The summed E-state index contributed by atoms with van der Waals surface area (Å²) in [5, 5.41) is 4.89. The van der Waals surface area contributed by atoms with Crippen LogP contribution in [0.25, 0.3) is 4.96 Å². The molecule has 140 valence electrons. The Labute approximate surface area is 161 Å². The van der Waals surface area contributed by atoms with Gasteiger partial charge in [0.15, 0.2) is 4.96 Å². The standard InChI is InChI=1S/C20H22N4O2S/c1-14-13-27-20-21-11-17(19(26)24(14)20)18(25)22-16-7-9-23(10-8-16)12-15-5-3-2-4-6-15/h2-6,11,13,16H,7-10,12H2,1H3,(H,22,25). The van der Waals surface area contributed by atoms with E-state index in [0.29, 0.717) is 4.96 Å². The molecule has 27 heavy (non-hydrogen) atoms. The van der Waals surface area contributed by atoms with E-state index in [-0.39, 0.29) is 23.1 Å². The molecule has 0 unspecified atom stereocenters. The molecule has 1 aromatic carbocycles. The Kier molecular flexibility index (Phi) is 5.05. The number of piperidine rings is 1. The van der Waals surface area contributed by atoms with E-state index in [0.717, 1.165) is 38.2 Å². The minimum absolute atomic E-state index is 0.0909. The van der Waals surface area contributed by atoms with Gasteiger partial charge in [0.2, 0.25) is 0 Å². The topological polar surface area (TPSA) is 66.7 Å². The Morgan fingerprint density at radius 3 is 2.74 bits per heavy atom. The minimum Gasteiger partial charge on any atom is -0.349 e. The first kappa shape index (κ1) is 17.9. The molecule has 0 saturated carbocycles. The molecule has 4 rings (SSSR count). The fourth-order valence-electron chi connectivity index (χ4n) is 3.52. The zero-order valence-corrected chi connectivity index (χ0v) is 16.0. The number of nitrogens with zero attached hydrogens (tertiary/aromatic N) is 3. The molecule has 1 fully saturated rings. The zero-order valence-electron chi connectivity index (χ0n) is 15.2. The van der Waals surface area contributed by atoms with Gasteiger partial charge in [-0.2, -0.15) is 0 Å². The molecule has 0 spiro atoms. The summed E-state index contributed by atoms with van der Waals surface area (Å²) in [6.45, 7) is 4.64. The van der Waals surface area contributed by atoms with E-state index in [1.54, 1.807) is 0 Å². The third-order valence-corrected chi connectivity index (χ3v) is 5.99. The maximum Gasteiger partial charge on any atom is 0.271 e. The van der Waals surface area contributed by atoms with Gasteiger partial charge >= 0.3 is 0 Å². The molecule has 3 heterocycles. The fraction of sp³-hybridized carbons (Fsp3) is 0.350. The predicted molar refractivity (Wildman–Crippen MR) is 106 cm³/mol. The lowest BCUT2D eigenvalue weighted by atomic mass is 10.0. The molecule has 2 aromatic heterocycles.